The van der Waals surface area contributed by atoms with Gasteiger partial charge in [-0.15, -0.1) is 0 Å². The monoisotopic (exact) mass is 413 g/mol. The third-order valence-electron chi connectivity index (χ3n) is 1.19. The molecule has 0 amide bonds. The molecule has 1 rings (SSSR count). The Hall–Kier alpha value is -1.95. The molecule has 0 atom stereocenters. The number of nitrogens with zero attached hydrogens (tertiary/aromatic N) is 3. The van der Waals surface area contributed by atoms with Gasteiger partial charge in [-0.1, -0.05) is 0 Å². The Labute approximate surface area is 141 Å². The SMILES string of the molecule is CC#N.CCn1cc[n+](C)c1.F[B-](F)(F)F.F[B-](F)(F)F.F[B-](F)(F)F. The largest absolute Gasteiger partial charge is 0.673 e. The summed E-state index contributed by atoms with van der Waals surface area (Å²) in [7, 11) is -16.0. The Balaban J connectivity index is -0.000000121. The highest BCUT2D eigenvalue weighted by molar-refractivity contribution is 6.50. The Bertz CT molecular complexity index is 429. The van der Waals surface area contributed by atoms with Crippen molar-refractivity contribution in [3.05, 3.63) is 18.7 Å². The molecule has 0 saturated heterocycles. The molecule has 1 heterocycles. The summed E-state index contributed by atoms with van der Waals surface area (Å²) in [6.07, 6.45) is 6.14. The highest BCUT2D eigenvalue weighted by atomic mass is 19.5. The van der Waals surface area contributed by atoms with Crippen molar-refractivity contribution in [1.29, 1.82) is 5.26 Å². The maximum absolute atomic E-state index is 9.75. The summed E-state index contributed by atoms with van der Waals surface area (Å²) in [5, 5.41) is 7.32. The van der Waals surface area contributed by atoms with Crippen LogP contribution in [-0.4, -0.2) is 26.3 Å². The van der Waals surface area contributed by atoms with Crippen LogP contribution in [-0.2, 0) is 13.6 Å². The van der Waals surface area contributed by atoms with E-state index in [1.165, 1.54) is 6.92 Å². The van der Waals surface area contributed by atoms with Gasteiger partial charge in [0.05, 0.1) is 19.7 Å². The van der Waals surface area contributed by atoms with Crippen LogP contribution in [0.3, 0.4) is 0 Å². The standard InChI is InChI=1S/C6H11N2.C2H3N.3BF4/c1-3-8-5-4-7(2)6-8;1-2-3;3*2-1(3,4)5/h4-6H,3H2,1-2H3;1H3;;;/q+1;;3*-1. The number of hydrogen-bond donors (Lipinski definition) is 0. The quantitative estimate of drug-likeness (QED) is 0.372. The summed E-state index contributed by atoms with van der Waals surface area (Å²) in [4.78, 5) is 0. The molecule has 0 aliphatic heterocycles. The molecular weight excluding hydrogens is 399 g/mol. The molecule has 156 valence electrons. The van der Waals surface area contributed by atoms with Gasteiger partial charge in [-0.05, 0) is 6.92 Å². The molecule has 0 aliphatic carbocycles. The summed E-state index contributed by atoms with van der Waals surface area (Å²) in [5.41, 5.74) is 0. The fourth-order valence-electron chi connectivity index (χ4n) is 0.689. The van der Waals surface area contributed by atoms with Crippen molar-refractivity contribution in [2.24, 2.45) is 7.05 Å². The summed E-state index contributed by atoms with van der Waals surface area (Å²) in [5.74, 6) is 0. The predicted molar refractivity (Wildman–Crippen MR) is 73.1 cm³/mol. The van der Waals surface area contributed by atoms with Crippen LogP contribution in [0.25, 0.3) is 0 Å². The number of rotatable bonds is 1. The molecule has 0 unspecified atom stereocenters. The van der Waals surface area contributed by atoms with E-state index in [-0.39, 0.29) is 0 Å². The molecule has 0 radical (unpaired) electrons. The van der Waals surface area contributed by atoms with E-state index in [9.17, 15) is 51.8 Å². The van der Waals surface area contributed by atoms with E-state index in [0.29, 0.717) is 0 Å². The number of imidazole rings is 1. The van der Waals surface area contributed by atoms with Gasteiger partial charge < -0.3 is 51.8 Å². The molecule has 1 aromatic rings. The molecule has 0 spiro atoms. The minimum Gasteiger partial charge on any atom is -0.418 e. The maximum Gasteiger partial charge on any atom is 0.673 e. The molecule has 3 nitrogen and oxygen atoms in total. The summed E-state index contributed by atoms with van der Waals surface area (Å²) < 4.78 is 121. The lowest BCUT2D eigenvalue weighted by atomic mass is 10.3. The lowest BCUT2D eigenvalue weighted by Gasteiger charge is -1.94. The van der Waals surface area contributed by atoms with Crippen LogP contribution < -0.4 is 4.57 Å². The summed E-state index contributed by atoms with van der Waals surface area (Å²) in [6.45, 7) is 4.61. The third-order valence-corrected chi connectivity index (χ3v) is 1.19. The van der Waals surface area contributed by atoms with E-state index in [1.54, 1.807) is 6.07 Å². The van der Waals surface area contributed by atoms with E-state index >= 15 is 0 Å². The maximum atomic E-state index is 9.75. The lowest BCUT2D eigenvalue weighted by molar-refractivity contribution is -0.671. The summed E-state index contributed by atoms with van der Waals surface area (Å²) in [6, 6.07) is 1.75. The number of halogens is 12. The van der Waals surface area contributed by atoms with Crippen LogP contribution in [0.15, 0.2) is 18.7 Å². The van der Waals surface area contributed by atoms with Crippen molar-refractivity contribution in [3.8, 4) is 6.07 Å². The fourth-order valence-corrected chi connectivity index (χ4v) is 0.689. The fraction of sp³-hybridized carbons (Fsp3) is 0.500. The zero-order valence-corrected chi connectivity index (χ0v) is 13.5. The number of nitriles is 1. The van der Waals surface area contributed by atoms with Crippen LogP contribution in [0.5, 0.6) is 0 Å². The van der Waals surface area contributed by atoms with E-state index in [2.05, 4.69) is 24.0 Å². The second-order valence-corrected chi connectivity index (χ2v) is 3.62. The average molecular weight is 413 g/mol. The second kappa shape index (κ2) is 15.3. The van der Waals surface area contributed by atoms with Crippen LogP contribution in [0, 0.1) is 11.3 Å². The average Bonchev–Trinajstić information content (AvgIpc) is 2.69. The van der Waals surface area contributed by atoms with Gasteiger partial charge >= 0.3 is 21.8 Å². The lowest BCUT2D eigenvalue weighted by Crippen LogP contribution is -2.23. The first-order valence-electron chi connectivity index (χ1n) is 6.18. The van der Waals surface area contributed by atoms with Crippen molar-refractivity contribution in [1.82, 2.24) is 4.57 Å². The van der Waals surface area contributed by atoms with Crippen molar-refractivity contribution in [3.63, 3.8) is 0 Å². The molecule has 18 heteroatoms. The first-order valence-corrected chi connectivity index (χ1v) is 6.18. The van der Waals surface area contributed by atoms with Crippen LogP contribution >= 0.6 is 0 Å². The minimum atomic E-state index is -6.00. The molecule has 0 N–H and O–H groups in total. The van der Waals surface area contributed by atoms with Gasteiger partial charge in [-0.2, -0.15) is 5.26 Å². The van der Waals surface area contributed by atoms with Crippen LogP contribution in [0.2, 0.25) is 0 Å². The van der Waals surface area contributed by atoms with E-state index in [0.717, 1.165) is 6.54 Å². The Morgan fingerprint density at radius 3 is 1.15 bits per heavy atom. The van der Waals surface area contributed by atoms with Gasteiger partial charge in [0.1, 0.15) is 12.4 Å². The van der Waals surface area contributed by atoms with Gasteiger partial charge in [-0.25, -0.2) is 9.13 Å². The Morgan fingerprint density at radius 1 is 0.846 bits per heavy atom. The third kappa shape index (κ3) is 119. The van der Waals surface area contributed by atoms with E-state index < -0.39 is 21.8 Å². The number of aromatic nitrogens is 2. The Kier molecular flexibility index (Phi) is 18.7. The van der Waals surface area contributed by atoms with Crippen molar-refractivity contribution < 1.29 is 56.4 Å². The minimum absolute atomic E-state index is 1.06. The molecule has 1 aromatic heterocycles. The van der Waals surface area contributed by atoms with Crippen LogP contribution in [0.4, 0.5) is 51.8 Å². The van der Waals surface area contributed by atoms with Gasteiger partial charge in [0.25, 0.3) is 0 Å². The highest BCUT2D eigenvalue weighted by Gasteiger charge is 2.21. The molecule has 26 heavy (non-hydrogen) atoms. The highest BCUT2D eigenvalue weighted by Crippen LogP contribution is 2.07. The van der Waals surface area contributed by atoms with Gasteiger partial charge in [-0.3, -0.25) is 0 Å². The smallest absolute Gasteiger partial charge is 0.418 e. The molecule has 0 saturated carbocycles. The second-order valence-electron chi connectivity index (χ2n) is 3.62. The predicted octanol–water partition coefficient (Wildman–Crippen LogP) is 4.76. The normalized spacial score (nSPS) is 10.2. The first-order chi connectivity index (χ1) is 11.2. The van der Waals surface area contributed by atoms with E-state index in [4.69, 9.17) is 5.26 Å². The molecule has 0 fully saturated rings. The molecular formula is C8H14B3F12N3-2. The summed E-state index contributed by atoms with van der Waals surface area (Å²) >= 11 is 0. The van der Waals surface area contributed by atoms with Crippen LogP contribution in [0.1, 0.15) is 13.8 Å². The number of aryl methyl sites for hydroxylation is 2. The number of hydrogen-bond acceptors (Lipinski definition) is 1. The van der Waals surface area contributed by atoms with Crippen molar-refractivity contribution in [2.45, 2.75) is 20.4 Å². The molecule has 0 aromatic carbocycles. The Morgan fingerprint density at radius 2 is 1.08 bits per heavy atom. The van der Waals surface area contributed by atoms with Gasteiger partial charge in [0.2, 0.25) is 6.33 Å². The van der Waals surface area contributed by atoms with Gasteiger partial charge in [0, 0.05) is 6.92 Å². The zero-order valence-electron chi connectivity index (χ0n) is 13.5. The van der Waals surface area contributed by atoms with Crippen molar-refractivity contribution >= 4 is 21.8 Å². The molecule has 0 aliphatic rings. The first kappa shape index (κ1) is 31.8. The van der Waals surface area contributed by atoms with Gasteiger partial charge in [0.15, 0.2) is 0 Å². The zero-order chi connectivity index (χ0) is 22.2. The van der Waals surface area contributed by atoms with E-state index in [1.807, 2.05) is 17.8 Å². The molecule has 0 bridgehead atoms. The topological polar surface area (TPSA) is 32.6 Å². The van der Waals surface area contributed by atoms with Crippen molar-refractivity contribution in [2.75, 3.05) is 0 Å².